The van der Waals surface area contributed by atoms with E-state index in [1.54, 1.807) is 7.11 Å². The monoisotopic (exact) mass is 385 g/mol. The van der Waals surface area contributed by atoms with Crippen LogP contribution in [0.1, 0.15) is 50.3 Å². The maximum atomic E-state index is 5.34. The average molecular weight is 386 g/mol. The van der Waals surface area contributed by atoms with Crippen molar-refractivity contribution >= 4 is 11.6 Å². The van der Waals surface area contributed by atoms with Crippen LogP contribution in [0.15, 0.2) is 29.5 Å². The van der Waals surface area contributed by atoms with E-state index in [9.17, 15) is 0 Å². The number of methoxy groups -OCH3 is 1. The zero-order chi connectivity index (χ0) is 19.8. The van der Waals surface area contributed by atoms with Gasteiger partial charge >= 0.3 is 0 Å². The molecule has 0 amide bonds. The highest BCUT2D eigenvalue weighted by molar-refractivity contribution is 5.79. The van der Waals surface area contributed by atoms with Gasteiger partial charge in [0, 0.05) is 52.2 Å². The zero-order valence-electron chi connectivity index (χ0n) is 17.6. The lowest BCUT2D eigenvalue weighted by Gasteiger charge is -2.27. The number of aliphatic imine (C=N–C) groups is 1. The van der Waals surface area contributed by atoms with Gasteiger partial charge in [0.1, 0.15) is 5.65 Å². The van der Waals surface area contributed by atoms with Crippen molar-refractivity contribution in [2.24, 2.45) is 10.4 Å². The third-order valence-corrected chi connectivity index (χ3v) is 5.82. The van der Waals surface area contributed by atoms with Crippen molar-refractivity contribution < 1.29 is 4.74 Å². The van der Waals surface area contributed by atoms with E-state index in [4.69, 9.17) is 14.7 Å². The first-order chi connectivity index (χ1) is 13.7. The second kappa shape index (κ2) is 9.92. The van der Waals surface area contributed by atoms with Gasteiger partial charge < -0.3 is 19.8 Å². The maximum Gasteiger partial charge on any atom is 0.191 e. The summed E-state index contributed by atoms with van der Waals surface area (Å²) in [6.45, 7) is 7.59. The van der Waals surface area contributed by atoms with E-state index in [0.29, 0.717) is 5.41 Å². The van der Waals surface area contributed by atoms with Gasteiger partial charge in [-0.1, -0.05) is 18.9 Å². The second-order valence-electron chi connectivity index (χ2n) is 7.98. The highest BCUT2D eigenvalue weighted by Gasteiger charge is 2.33. The van der Waals surface area contributed by atoms with E-state index in [0.717, 1.165) is 56.4 Å². The molecule has 0 spiro atoms. The minimum atomic E-state index is 0.317. The van der Waals surface area contributed by atoms with Crippen LogP contribution in [0.3, 0.4) is 0 Å². The Hall–Kier alpha value is -2.08. The topological polar surface area (TPSA) is 63.0 Å². The van der Waals surface area contributed by atoms with E-state index < -0.39 is 0 Å². The smallest absolute Gasteiger partial charge is 0.191 e. The van der Waals surface area contributed by atoms with Gasteiger partial charge in [-0.05, 0) is 50.2 Å². The van der Waals surface area contributed by atoms with Crippen LogP contribution in [0, 0.1) is 12.3 Å². The normalized spacial score (nSPS) is 16.6. The molecule has 0 bridgehead atoms. The molecule has 2 aromatic rings. The Balaban J connectivity index is 1.57. The summed E-state index contributed by atoms with van der Waals surface area (Å²) in [5, 5.41) is 6.87. The van der Waals surface area contributed by atoms with Crippen molar-refractivity contribution in [3.63, 3.8) is 0 Å². The molecule has 0 radical (unpaired) electrons. The number of hydrogen-bond acceptors (Lipinski definition) is 3. The number of rotatable bonds is 9. The zero-order valence-corrected chi connectivity index (χ0v) is 17.6. The van der Waals surface area contributed by atoms with Crippen LogP contribution in [-0.2, 0) is 11.2 Å². The molecule has 0 saturated heterocycles. The van der Waals surface area contributed by atoms with E-state index in [1.807, 2.05) is 0 Å². The number of guanidine groups is 1. The molecule has 1 aliphatic rings. The average Bonchev–Trinajstić information content (AvgIpc) is 3.33. The lowest BCUT2D eigenvalue weighted by atomic mass is 9.83. The van der Waals surface area contributed by atoms with Crippen molar-refractivity contribution in [1.29, 1.82) is 0 Å². The number of hydrogen-bond donors (Lipinski definition) is 2. The molecule has 2 N–H and O–H groups in total. The Kier molecular flexibility index (Phi) is 7.31. The molecule has 3 rings (SSSR count). The number of nitrogens with zero attached hydrogens (tertiary/aromatic N) is 3. The van der Waals surface area contributed by atoms with Gasteiger partial charge in [-0.15, -0.1) is 0 Å². The van der Waals surface area contributed by atoms with Gasteiger partial charge in [0.05, 0.1) is 5.69 Å². The van der Waals surface area contributed by atoms with Crippen LogP contribution >= 0.6 is 0 Å². The summed E-state index contributed by atoms with van der Waals surface area (Å²) in [6.07, 6.45) is 11.3. The molecule has 1 fully saturated rings. The maximum absolute atomic E-state index is 5.34. The van der Waals surface area contributed by atoms with Crippen LogP contribution in [0.4, 0.5) is 0 Å². The van der Waals surface area contributed by atoms with E-state index in [-0.39, 0.29) is 0 Å². The number of pyridine rings is 1. The minimum absolute atomic E-state index is 0.317. The van der Waals surface area contributed by atoms with Crippen molar-refractivity contribution in [3.05, 3.63) is 35.8 Å². The van der Waals surface area contributed by atoms with Gasteiger partial charge in [-0.3, -0.25) is 4.99 Å². The van der Waals surface area contributed by atoms with Crippen LogP contribution in [0.5, 0.6) is 0 Å². The predicted molar refractivity (Wildman–Crippen MR) is 115 cm³/mol. The highest BCUT2D eigenvalue weighted by atomic mass is 16.5. The predicted octanol–water partition coefficient (Wildman–Crippen LogP) is 3.34. The van der Waals surface area contributed by atoms with Crippen molar-refractivity contribution in [2.75, 3.05) is 33.4 Å². The van der Waals surface area contributed by atoms with Crippen molar-refractivity contribution in [3.8, 4) is 0 Å². The van der Waals surface area contributed by atoms with E-state index in [2.05, 4.69) is 53.4 Å². The number of fused-ring (bicyclic) bond motifs is 1. The summed E-state index contributed by atoms with van der Waals surface area (Å²) in [7, 11) is 1.79. The molecule has 0 unspecified atom stereocenters. The lowest BCUT2D eigenvalue weighted by molar-refractivity contribution is 0.141. The molecule has 0 atom stereocenters. The largest absolute Gasteiger partial charge is 0.385 e. The fourth-order valence-electron chi connectivity index (χ4n) is 4.15. The molecule has 1 aliphatic carbocycles. The first kappa shape index (κ1) is 20.6. The molecule has 0 aliphatic heterocycles. The molecular formula is C22H35N5O. The number of imidazole rings is 1. The van der Waals surface area contributed by atoms with Gasteiger partial charge in [0.25, 0.3) is 0 Å². The third-order valence-electron chi connectivity index (χ3n) is 5.82. The summed E-state index contributed by atoms with van der Waals surface area (Å²) in [5.74, 6) is 0.908. The fraction of sp³-hybridized carbons (Fsp3) is 0.636. The first-order valence-electron chi connectivity index (χ1n) is 10.6. The summed E-state index contributed by atoms with van der Waals surface area (Å²) in [4.78, 5) is 9.68. The Labute approximate surface area is 168 Å². The SMILES string of the molecule is CCNC(=NCC1(CCOC)CCCC1)NCCc1cn2cccc(C)c2n1. The number of ether oxygens (including phenoxy) is 1. The summed E-state index contributed by atoms with van der Waals surface area (Å²) in [6, 6.07) is 4.16. The second-order valence-corrected chi connectivity index (χ2v) is 7.98. The lowest BCUT2D eigenvalue weighted by Crippen LogP contribution is -2.39. The van der Waals surface area contributed by atoms with E-state index in [1.165, 1.54) is 31.2 Å². The molecule has 0 aromatic carbocycles. The third kappa shape index (κ3) is 5.25. The molecule has 154 valence electrons. The quantitative estimate of drug-likeness (QED) is 0.513. The Morgan fingerprint density at radius 2 is 2.14 bits per heavy atom. The van der Waals surface area contributed by atoms with Crippen LogP contribution in [0.2, 0.25) is 0 Å². The summed E-state index contributed by atoms with van der Waals surface area (Å²) < 4.78 is 7.44. The van der Waals surface area contributed by atoms with Gasteiger partial charge in [0.2, 0.25) is 0 Å². The number of nitrogens with one attached hydrogen (secondary N) is 2. The fourth-order valence-corrected chi connectivity index (χ4v) is 4.15. The van der Waals surface area contributed by atoms with Gasteiger partial charge in [0.15, 0.2) is 5.96 Å². The summed E-state index contributed by atoms with van der Waals surface area (Å²) >= 11 is 0. The molecule has 28 heavy (non-hydrogen) atoms. The number of aromatic nitrogens is 2. The van der Waals surface area contributed by atoms with Crippen LogP contribution in [-0.4, -0.2) is 48.7 Å². The summed E-state index contributed by atoms with van der Waals surface area (Å²) in [5.41, 5.74) is 3.66. The standard InChI is InChI=1S/C22H35N5O/c1-4-23-21(25-17-22(12-15-28-3)10-5-6-11-22)24-13-9-19-16-27-14-7-8-18(2)20(27)26-19/h7-8,14,16H,4-6,9-13,15,17H2,1-3H3,(H2,23,24,25). The van der Waals surface area contributed by atoms with Gasteiger partial charge in [-0.25, -0.2) is 4.98 Å². The van der Waals surface area contributed by atoms with Crippen LogP contribution < -0.4 is 10.6 Å². The van der Waals surface area contributed by atoms with Crippen LogP contribution in [0.25, 0.3) is 5.65 Å². The molecule has 6 nitrogen and oxygen atoms in total. The molecule has 2 aromatic heterocycles. The molecule has 1 saturated carbocycles. The molecule has 6 heteroatoms. The Bertz CT molecular complexity index is 776. The van der Waals surface area contributed by atoms with E-state index >= 15 is 0 Å². The Morgan fingerprint density at radius 3 is 2.86 bits per heavy atom. The van der Waals surface area contributed by atoms with Gasteiger partial charge in [-0.2, -0.15) is 0 Å². The minimum Gasteiger partial charge on any atom is -0.385 e. The highest BCUT2D eigenvalue weighted by Crippen LogP contribution is 2.41. The molecule has 2 heterocycles. The first-order valence-corrected chi connectivity index (χ1v) is 10.6. The number of aryl methyl sites for hydroxylation is 1. The van der Waals surface area contributed by atoms with Crippen molar-refractivity contribution in [2.45, 2.75) is 52.4 Å². The Morgan fingerprint density at radius 1 is 1.32 bits per heavy atom. The van der Waals surface area contributed by atoms with Crippen molar-refractivity contribution in [1.82, 2.24) is 20.0 Å². The molecular weight excluding hydrogens is 350 g/mol.